The molecule has 0 unspecified atom stereocenters. The maximum atomic E-state index is 10.2. The monoisotopic (exact) mass is 172 g/mol. The molecule has 0 aliphatic rings. The summed E-state index contributed by atoms with van der Waals surface area (Å²) in [6.45, 7) is 0. The van der Waals surface area contributed by atoms with E-state index in [4.69, 9.17) is 21.2 Å². The number of aliphatic carboxylic acids is 2. The van der Waals surface area contributed by atoms with Gasteiger partial charge in [0.25, 0.3) is 0 Å². The summed E-state index contributed by atoms with van der Waals surface area (Å²) in [7, 11) is 0. The number of nitrogens with two attached hydrogens (primary N) is 1. The summed E-state index contributed by atoms with van der Waals surface area (Å²) in [4.78, 5) is 20.3. The molecule has 6 nitrogen and oxygen atoms in total. The van der Waals surface area contributed by atoms with Crippen LogP contribution in [0, 0.1) is 17.2 Å². The molecule has 0 aromatic carbocycles. The number of hydrogen-bond donors (Lipinski definition) is 3. The van der Waals surface area contributed by atoms with E-state index in [1.165, 1.54) is 6.07 Å². The lowest BCUT2D eigenvalue weighted by atomic mass is 9.99. The first-order valence-corrected chi connectivity index (χ1v) is 3.08. The molecule has 0 spiro atoms. The third-order valence-corrected chi connectivity index (χ3v) is 1.28. The molecule has 0 heterocycles. The Hall–Kier alpha value is -1.61. The number of hydrogen-bond acceptors (Lipinski definition) is 4. The molecular weight excluding hydrogens is 164 g/mol. The topological polar surface area (TPSA) is 124 Å². The van der Waals surface area contributed by atoms with Crippen molar-refractivity contribution in [3.63, 3.8) is 0 Å². The minimum atomic E-state index is -1.44. The van der Waals surface area contributed by atoms with E-state index in [9.17, 15) is 9.59 Å². The highest BCUT2D eigenvalue weighted by Gasteiger charge is 2.26. The van der Waals surface area contributed by atoms with Crippen LogP contribution in [0.4, 0.5) is 0 Å². The lowest BCUT2D eigenvalue weighted by Crippen LogP contribution is -2.38. The zero-order valence-electron chi connectivity index (χ0n) is 6.10. The summed E-state index contributed by atoms with van der Waals surface area (Å²) in [5.74, 6) is -3.79. The third kappa shape index (κ3) is 2.98. The Morgan fingerprint density at radius 1 is 1.50 bits per heavy atom. The summed E-state index contributed by atoms with van der Waals surface area (Å²) < 4.78 is 0. The number of nitrogens with zero attached hydrogens (tertiary/aromatic N) is 1. The highest BCUT2D eigenvalue weighted by Crippen LogP contribution is 2.05. The van der Waals surface area contributed by atoms with Crippen molar-refractivity contribution in [2.24, 2.45) is 11.7 Å². The Morgan fingerprint density at radius 3 is 2.25 bits per heavy atom. The zero-order chi connectivity index (χ0) is 9.72. The van der Waals surface area contributed by atoms with Gasteiger partial charge in [0.2, 0.25) is 0 Å². The van der Waals surface area contributed by atoms with Gasteiger partial charge in [-0.15, -0.1) is 0 Å². The molecule has 0 aromatic heterocycles. The quantitative estimate of drug-likeness (QED) is 0.500. The van der Waals surface area contributed by atoms with Crippen LogP contribution in [0.3, 0.4) is 0 Å². The molecule has 0 amide bonds. The van der Waals surface area contributed by atoms with Gasteiger partial charge in [0.15, 0.2) is 0 Å². The van der Waals surface area contributed by atoms with Gasteiger partial charge in [-0.25, -0.2) is 0 Å². The van der Waals surface area contributed by atoms with Crippen LogP contribution in [0.15, 0.2) is 0 Å². The fourth-order valence-electron chi connectivity index (χ4n) is 0.613. The molecular formula is C6H8N2O4. The average Bonchev–Trinajstić information content (AvgIpc) is 1.98. The van der Waals surface area contributed by atoms with E-state index in [1.807, 2.05) is 0 Å². The number of carboxylic acids is 2. The van der Waals surface area contributed by atoms with Crippen molar-refractivity contribution < 1.29 is 19.8 Å². The number of carboxylic acid groups (broad SMARTS) is 2. The molecule has 0 aliphatic heterocycles. The van der Waals surface area contributed by atoms with Crippen molar-refractivity contribution in [1.29, 1.82) is 5.26 Å². The Kier molecular flexibility index (Phi) is 3.73. The Bertz CT molecular complexity index is 232. The molecule has 0 bridgehead atoms. The summed E-state index contributed by atoms with van der Waals surface area (Å²) in [5.41, 5.74) is 5.03. The van der Waals surface area contributed by atoms with Crippen molar-refractivity contribution in [3.8, 4) is 6.07 Å². The van der Waals surface area contributed by atoms with Crippen molar-refractivity contribution in [2.75, 3.05) is 0 Å². The largest absolute Gasteiger partial charge is 0.481 e. The lowest BCUT2D eigenvalue weighted by molar-refractivity contribution is -0.141. The highest BCUT2D eigenvalue weighted by atomic mass is 16.4. The minimum absolute atomic E-state index is 0.552. The van der Waals surface area contributed by atoms with Gasteiger partial charge in [-0.3, -0.25) is 9.59 Å². The van der Waals surface area contributed by atoms with Crippen molar-refractivity contribution in [1.82, 2.24) is 0 Å². The van der Waals surface area contributed by atoms with Crippen molar-refractivity contribution >= 4 is 11.9 Å². The Balaban J connectivity index is 4.27. The molecule has 6 heteroatoms. The van der Waals surface area contributed by atoms with Crippen LogP contribution in [0.25, 0.3) is 0 Å². The first kappa shape index (κ1) is 10.4. The number of rotatable bonds is 4. The summed E-state index contributed by atoms with van der Waals surface area (Å²) in [6.07, 6.45) is -0.552. The van der Waals surface area contributed by atoms with Gasteiger partial charge in [-0.1, -0.05) is 0 Å². The van der Waals surface area contributed by atoms with Crippen LogP contribution < -0.4 is 5.73 Å². The molecule has 0 aromatic rings. The van der Waals surface area contributed by atoms with Crippen molar-refractivity contribution in [3.05, 3.63) is 0 Å². The van der Waals surface area contributed by atoms with Gasteiger partial charge in [0.1, 0.15) is 6.04 Å². The second kappa shape index (κ2) is 4.31. The van der Waals surface area contributed by atoms with Crippen LogP contribution in [-0.2, 0) is 9.59 Å². The second-order valence-electron chi connectivity index (χ2n) is 2.20. The first-order chi connectivity index (χ1) is 5.49. The maximum absolute atomic E-state index is 10.2. The fourth-order valence-corrected chi connectivity index (χ4v) is 0.613. The van der Waals surface area contributed by atoms with Crippen LogP contribution in [-0.4, -0.2) is 28.2 Å². The predicted octanol–water partition coefficient (Wildman–Crippen LogP) is -0.987. The first-order valence-electron chi connectivity index (χ1n) is 3.08. The van der Waals surface area contributed by atoms with E-state index in [1.54, 1.807) is 0 Å². The molecule has 0 fully saturated rings. The standard InChI is InChI=1S/C6H8N2O4/c7-2-3(1-4(9)10)5(8)6(11)12/h3,5H,1,8H2,(H,9,10)(H,11,12)/t3-,5-/m1/s1. The Labute approximate surface area is 68.2 Å². The molecule has 12 heavy (non-hydrogen) atoms. The Morgan fingerprint density at radius 2 is 2.00 bits per heavy atom. The normalized spacial score (nSPS) is 14.3. The van der Waals surface area contributed by atoms with E-state index in [0.717, 1.165) is 0 Å². The zero-order valence-corrected chi connectivity index (χ0v) is 6.10. The van der Waals surface area contributed by atoms with Gasteiger partial charge < -0.3 is 15.9 Å². The van der Waals surface area contributed by atoms with E-state index >= 15 is 0 Å². The SMILES string of the molecule is N#C[C@@H](CC(=O)O)[C@@H](N)C(=O)O. The minimum Gasteiger partial charge on any atom is -0.481 e. The van der Waals surface area contributed by atoms with Crippen LogP contribution >= 0.6 is 0 Å². The van der Waals surface area contributed by atoms with Gasteiger partial charge in [-0.05, 0) is 0 Å². The molecule has 0 radical (unpaired) electrons. The highest BCUT2D eigenvalue weighted by molar-refractivity contribution is 5.76. The number of nitriles is 1. The lowest BCUT2D eigenvalue weighted by Gasteiger charge is -2.09. The summed E-state index contributed by atoms with van der Waals surface area (Å²) in [6, 6.07) is 0.0890. The molecule has 2 atom stereocenters. The van der Waals surface area contributed by atoms with E-state index in [0.29, 0.717) is 0 Å². The third-order valence-electron chi connectivity index (χ3n) is 1.28. The van der Waals surface area contributed by atoms with Crippen LogP contribution in [0.1, 0.15) is 6.42 Å². The molecule has 0 rings (SSSR count). The van der Waals surface area contributed by atoms with Crippen LogP contribution in [0.2, 0.25) is 0 Å². The maximum Gasteiger partial charge on any atom is 0.321 e. The van der Waals surface area contributed by atoms with E-state index in [2.05, 4.69) is 0 Å². The van der Waals surface area contributed by atoms with Gasteiger partial charge >= 0.3 is 11.9 Å². The van der Waals surface area contributed by atoms with E-state index < -0.39 is 30.3 Å². The molecule has 4 N–H and O–H groups in total. The van der Waals surface area contributed by atoms with Crippen LogP contribution in [0.5, 0.6) is 0 Å². The molecule has 0 aliphatic carbocycles. The summed E-state index contributed by atoms with van der Waals surface area (Å²) >= 11 is 0. The van der Waals surface area contributed by atoms with Gasteiger partial charge in [0, 0.05) is 0 Å². The molecule has 0 saturated carbocycles. The molecule has 66 valence electrons. The molecule has 0 saturated heterocycles. The average molecular weight is 172 g/mol. The number of carbonyl (C=O) groups is 2. The smallest absolute Gasteiger partial charge is 0.321 e. The van der Waals surface area contributed by atoms with Gasteiger partial charge in [-0.2, -0.15) is 5.26 Å². The summed E-state index contributed by atoms with van der Waals surface area (Å²) in [5, 5.41) is 24.9. The van der Waals surface area contributed by atoms with E-state index in [-0.39, 0.29) is 0 Å². The fraction of sp³-hybridized carbons (Fsp3) is 0.500. The van der Waals surface area contributed by atoms with Crippen molar-refractivity contribution in [2.45, 2.75) is 12.5 Å². The van der Waals surface area contributed by atoms with Gasteiger partial charge in [0.05, 0.1) is 18.4 Å². The predicted molar refractivity (Wildman–Crippen MR) is 37.0 cm³/mol. The second-order valence-corrected chi connectivity index (χ2v) is 2.20.